The van der Waals surface area contributed by atoms with Crippen molar-refractivity contribution in [3.8, 4) is 0 Å². The highest BCUT2D eigenvalue weighted by molar-refractivity contribution is 5.86. The molecule has 0 fully saturated rings. The van der Waals surface area contributed by atoms with Crippen molar-refractivity contribution in [3.63, 3.8) is 0 Å². The van der Waals surface area contributed by atoms with Crippen molar-refractivity contribution in [1.82, 2.24) is 9.88 Å². The molecule has 0 spiro atoms. The molecule has 0 aliphatic rings. The summed E-state index contributed by atoms with van der Waals surface area (Å²) in [5, 5.41) is 1.12. The third kappa shape index (κ3) is 3.71. The van der Waals surface area contributed by atoms with E-state index in [1.807, 2.05) is 32.2 Å². The zero-order valence-electron chi connectivity index (χ0n) is 15.3. The minimum absolute atomic E-state index is 0.115. The van der Waals surface area contributed by atoms with Crippen LogP contribution in [0.25, 0.3) is 10.9 Å². The predicted octanol–water partition coefficient (Wildman–Crippen LogP) is 4.36. The Hall–Kier alpha value is -2.68. The molecule has 3 rings (SSSR count). The molecule has 0 aliphatic heterocycles. The summed E-state index contributed by atoms with van der Waals surface area (Å²) in [6, 6.07) is 16.4. The van der Waals surface area contributed by atoms with Gasteiger partial charge in [0.25, 0.3) is 0 Å². The highest BCUT2D eigenvalue weighted by Gasteiger charge is 2.16. The van der Waals surface area contributed by atoms with E-state index in [0.29, 0.717) is 13.0 Å². The Bertz CT molecular complexity index is 913. The van der Waals surface area contributed by atoms with Gasteiger partial charge in [-0.05, 0) is 43.5 Å². The van der Waals surface area contributed by atoms with Crippen molar-refractivity contribution in [3.05, 3.63) is 76.5 Å². The number of nitrogens with zero attached hydrogens (tertiary/aromatic N) is 2. The molecule has 0 saturated carbocycles. The van der Waals surface area contributed by atoms with Gasteiger partial charge in [0.15, 0.2) is 0 Å². The molecular formula is C22H24N2O. The number of hydrogen-bond acceptors (Lipinski definition) is 2. The van der Waals surface area contributed by atoms with Crippen LogP contribution in [0, 0.1) is 20.8 Å². The number of aromatic nitrogens is 1. The first-order chi connectivity index (χ1) is 12.0. The van der Waals surface area contributed by atoms with Crippen molar-refractivity contribution in [2.24, 2.45) is 0 Å². The van der Waals surface area contributed by atoms with Gasteiger partial charge in [-0.1, -0.05) is 48.0 Å². The number of carbonyl (C=O) groups is 1. The zero-order chi connectivity index (χ0) is 18.0. The highest BCUT2D eigenvalue weighted by Crippen LogP contribution is 2.23. The molecule has 3 heteroatoms. The summed E-state index contributed by atoms with van der Waals surface area (Å²) in [5.41, 5.74) is 6.49. The summed E-state index contributed by atoms with van der Waals surface area (Å²) < 4.78 is 0. The Morgan fingerprint density at radius 1 is 1.00 bits per heavy atom. The number of amides is 1. The van der Waals surface area contributed by atoms with Crippen molar-refractivity contribution in [1.29, 1.82) is 0 Å². The van der Waals surface area contributed by atoms with Gasteiger partial charge in [-0.3, -0.25) is 9.78 Å². The maximum absolute atomic E-state index is 12.7. The fourth-order valence-electron chi connectivity index (χ4n) is 3.17. The standard InChI is InChI=1S/C22H24N2O/c1-15-9-11-18(12-10-15)14-24(4)22(25)13-20-16(2)19-7-5-6-8-21(19)23-17(20)3/h5-12H,13-14H2,1-4H3. The third-order valence-corrected chi connectivity index (χ3v) is 4.78. The molecule has 0 saturated heterocycles. The minimum atomic E-state index is 0.115. The number of rotatable bonds is 4. The molecule has 1 aromatic heterocycles. The first kappa shape index (κ1) is 17.2. The minimum Gasteiger partial charge on any atom is -0.341 e. The smallest absolute Gasteiger partial charge is 0.227 e. The number of hydrogen-bond donors (Lipinski definition) is 0. The fraction of sp³-hybridized carbons (Fsp3) is 0.273. The molecule has 3 aromatic rings. The largest absolute Gasteiger partial charge is 0.341 e. The molecule has 0 unspecified atom stereocenters. The lowest BCUT2D eigenvalue weighted by Crippen LogP contribution is -2.28. The van der Waals surface area contributed by atoms with Gasteiger partial charge in [0.05, 0.1) is 11.9 Å². The second kappa shape index (κ2) is 7.06. The third-order valence-electron chi connectivity index (χ3n) is 4.78. The molecule has 0 radical (unpaired) electrons. The second-order valence-electron chi connectivity index (χ2n) is 6.73. The number of para-hydroxylation sites is 1. The topological polar surface area (TPSA) is 33.2 Å². The van der Waals surface area contributed by atoms with E-state index < -0.39 is 0 Å². The average molecular weight is 332 g/mol. The van der Waals surface area contributed by atoms with Crippen molar-refractivity contribution in [2.45, 2.75) is 33.7 Å². The van der Waals surface area contributed by atoms with Gasteiger partial charge < -0.3 is 4.90 Å². The molecule has 128 valence electrons. The molecule has 0 bridgehead atoms. The van der Waals surface area contributed by atoms with Gasteiger partial charge in [-0.2, -0.15) is 0 Å². The SMILES string of the molecule is Cc1ccc(CN(C)C(=O)Cc2c(C)nc3ccccc3c2C)cc1. The highest BCUT2D eigenvalue weighted by atomic mass is 16.2. The lowest BCUT2D eigenvalue weighted by molar-refractivity contribution is -0.129. The molecule has 0 atom stereocenters. The van der Waals surface area contributed by atoms with E-state index in [2.05, 4.69) is 49.2 Å². The average Bonchev–Trinajstić information content (AvgIpc) is 2.60. The van der Waals surface area contributed by atoms with Crippen molar-refractivity contribution < 1.29 is 4.79 Å². The van der Waals surface area contributed by atoms with Crippen LogP contribution >= 0.6 is 0 Å². The van der Waals surface area contributed by atoms with E-state index in [1.54, 1.807) is 4.90 Å². The van der Waals surface area contributed by atoms with Gasteiger partial charge in [0.2, 0.25) is 5.91 Å². The van der Waals surface area contributed by atoms with E-state index in [1.165, 1.54) is 5.56 Å². The Morgan fingerprint density at radius 2 is 1.68 bits per heavy atom. The number of likely N-dealkylation sites (N-methyl/N-ethyl adjacent to an activating group) is 1. The summed E-state index contributed by atoms with van der Waals surface area (Å²) >= 11 is 0. The number of pyridine rings is 1. The summed E-state index contributed by atoms with van der Waals surface area (Å²) in [6.45, 7) is 6.76. The summed E-state index contributed by atoms with van der Waals surface area (Å²) in [4.78, 5) is 19.2. The van der Waals surface area contributed by atoms with Crippen LogP contribution in [0.1, 0.15) is 27.9 Å². The van der Waals surface area contributed by atoms with Gasteiger partial charge >= 0.3 is 0 Å². The van der Waals surface area contributed by atoms with Crippen LogP contribution in [0.5, 0.6) is 0 Å². The first-order valence-electron chi connectivity index (χ1n) is 8.60. The number of fused-ring (bicyclic) bond motifs is 1. The molecule has 0 aliphatic carbocycles. The summed E-state index contributed by atoms with van der Waals surface area (Å²) in [5.74, 6) is 0.115. The first-order valence-corrected chi connectivity index (χ1v) is 8.60. The maximum Gasteiger partial charge on any atom is 0.227 e. The van der Waals surface area contributed by atoms with Crippen LogP contribution in [0.15, 0.2) is 48.5 Å². The Morgan fingerprint density at radius 3 is 2.40 bits per heavy atom. The van der Waals surface area contributed by atoms with Crippen LogP contribution in [-0.4, -0.2) is 22.8 Å². The zero-order valence-corrected chi connectivity index (χ0v) is 15.3. The van der Waals surface area contributed by atoms with Crippen LogP contribution in [-0.2, 0) is 17.8 Å². The van der Waals surface area contributed by atoms with Crippen LogP contribution in [0.4, 0.5) is 0 Å². The molecule has 0 N–H and O–H groups in total. The quantitative estimate of drug-likeness (QED) is 0.711. The predicted molar refractivity (Wildman–Crippen MR) is 103 cm³/mol. The second-order valence-corrected chi connectivity index (χ2v) is 6.73. The molecule has 3 nitrogen and oxygen atoms in total. The van der Waals surface area contributed by atoms with Gasteiger partial charge in [0, 0.05) is 24.7 Å². The lowest BCUT2D eigenvalue weighted by Gasteiger charge is -2.19. The van der Waals surface area contributed by atoms with E-state index in [0.717, 1.165) is 33.3 Å². The van der Waals surface area contributed by atoms with Gasteiger partial charge in [0.1, 0.15) is 0 Å². The van der Waals surface area contributed by atoms with E-state index in [9.17, 15) is 4.79 Å². The number of aryl methyl sites for hydroxylation is 3. The normalized spacial score (nSPS) is 10.9. The monoisotopic (exact) mass is 332 g/mol. The number of carbonyl (C=O) groups excluding carboxylic acids is 1. The molecule has 1 amide bonds. The van der Waals surface area contributed by atoms with E-state index in [4.69, 9.17) is 0 Å². The maximum atomic E-state index is 12.7. The lowest BCUT2D eigenvalue weighted by atomic mass is 9.99. The molecular weight excluding hydrogens is 308 g/mol. The fourth-order valence-corrected chi connectivity index (χ4v) is 3.17. The Labute approximate surface area is 149 Å². The van der Waals surface area contributed by atoms with Crippen LogP contribution in [0.2, 0.25) is 0 Å². The van der Waals surface area contributed by atoms with E-state index >= 15 is 0 Å². The molecule has 1 heterocycles. The van der Waals surface area contributed by atoms with Crippen LogP contribution in [0.3, 0.4) is 0 Å². The van der Waals surface area contributed by atoms with Gasteiger partial charge in [-0.15, -0.1) is 0 Å². The number of benzene rings is 2. The Balaban J connectivity index is 1.80. The van der Waals surface area contributed by atoms with Crippen molar-refractivity contribution >= 4 is 16.8 Å². The van der Waals surface area contributed by atoms with E-state index in [-0.39, 0.29) is 5.91 Å². The Kier molecular flexibility index (Phi) is 4.84. The summed E-state index contributed by atoms with van der Waals surface area (Å²) in [7, 11) is 1.86. The van der Waals surface area contributed by atoms with Gasteiger partial charge in [-0.25, -0.2) is 0 Å². The van der Waals surface area contributed by atoms with Crippen molar-refractivity contribution in [2.75, 3.05) is 7.05 Å². The molecule has 25 heavy (non-hydrogen) atoms. The molecule has 2 aromatic carbocycles. The van der Waals surface area contributed by atoms with Crippen LogP contribution < -0.4 is 0 Å². The summed E-state index contributed by atoms with van der Waals surface area (Å²) in [6.07, 6.45) is 0.387.